The number of hydrogen-bond donors (Lipinski definition) is 0. The third-order valence-electron chi connectivity index (χ3n) is 3.47. The molecule has 1 aliphatic rings. The van der Waals surface area contributed by atoms with Crippen LogP contribution >= 0.6 is 11.6 Å². The van der Waals surface area contributed by atoms with E-state index in [4.69, 9.17) is 11.6 Å². The molecule has 1 saturated heterocycles. The molecule has 0 nitrogen and oxygen atoms in total. The van der Waals surface area contributed by atoms with Crippen LogP contribution in [0.1, 0.15) is 51.9 Å². The Morgan fingerprint density at radius 3 is 2.43 bits per heavy atom. The zero-order valence-electron chi connectivity index (χ0n) is 9.53. The van der Waals surface area contributed by atoms with Gasteiger partial charge in [0.1, 0.15) is 0 Å². The molecule has 2 heteroatoms. The highest BCUT2D eigenvalue weighted by atomic mass is 35.5. The maximum atomic E-state index is 5.92. The summed E-state index contributed by atoms with van der Waals surface area (Å²) in [6.45, 7) is 2.29. The largest absolute Gasteiger partial charge is 0.130 e. The Labute approximate surface area is 96.0 Å². The highest BCUT2D eigenvalue weighted by Gasteiger charge is 2.20. The van der Waals surface area contributed by atoms with E-state index in [1.807, 2.05) is 0 Å². The lowest BCUT2D eigenvalue weighted by molar-refractivity contribution is 0.415. The first-order valence-electron chi connectivity index (χ1n) is 6.26. The lowest BCUT2D eigenvalue weighted by Gasteiger charge is -2.26. The molecule has 0 atom stereocenters. The first kappa shape index (κ1) is 12.6. The predicted molar refractivity (Wildman–Crippen MR) is 67.6 cm³/mol. The van der Waals surface area contributed by atoms with E-state index in [9.17, 15) is 0 Å². The summed E-state index contributed by atoms with van der Waals surface area (Å²) >= 11 is 5.92. The molecule has 0 aromatic heterocycles. The molecule has 0 spiro atoms. The van der Waals surface area contributed by atoms with Gasteiger partial charge in [-0.2, -0.15) is 0 Å². The van der Waals surface area contributed by atoms with Crippen LogP contribution in [0, 0.1) is 5.92 Å². The van der Waals surface area contributed by atoms with Crippen molar-refractivity contribution in [3.63, 3.8) is 0 Å². The summed E-state index contributed by atoms with van der Waals surface area (Å²) in [7, 11) is -0.0890. The van der Waals surface area contributed by atoms with Crippen LogP contribution in [0.3, 0.4) is 0 Å². The Morgan fingerprint density at radius 1 is 1.14 bits per heavy atom. The van der Waals surface area contributed by atoms with Gasteiger partial charge in [-0.1, -0.05) is 64.0 Å². The molecule has 0 aromatic carbocycles. The molecule has 1 radical (unpaired) electrons. The van der Waals surface area contributed by atoms with Crippen LogP contribution in [0.2, 0.25) is 12.1 Å². The van der Waals surface area contributed by atoms with Crippen molar-refractivity contribution in [2.75, 3.05) is 5.50 Å². The number of unbranched alkanes of at least 4 members (excludes halogenated alkanes) is 3. The van der Waals surface area contributed by atoms with Crippen LogP contribution in [-0.4, -0.2) is 14.3 Å². The van der Waals surface area contributed by atoms with Gasteiger partial charge in [-0.25, -0.2) is 0 Å². The Kier molecular flexibility index (Phi) is 6.97. The summed E-state index contributed by atoms with van der Waals surface area (Å²) in [5.41, 5.74) is 0.993. The smallest absolute Gasteiger partial charge is 0.0659 e. The monoisotopic (exact) mass is 231 g/mol. The van der Waals surface area contributed by atoms with Crippen molar-refractivity contribution in [1.29, 1.82) is 0 Å². The summed E-state index contributed by atoms with van der Waals surface area (Å²) in [5.74, 6) is 1.06. The minimum Gasteiger partial charge on any atom is -0.130 e. The van der Waals surface area contributed by atoms with Gasteiger partial charge in [0.25, 0.3) is 0 Å². The van der Waals surface area contributed by atoms with E-state index in [1.165, 1.54) is 57.0 Å². The van der Waals surface area contributed by atoms with Crippen LogP contribution in [0.25, 0.3) is 0 Å². The Morgan fingerprint density at radius 2 is 1.86 bits per heavy atom. The van der Waals surface area contributed by atoms with Crippen LogP contribution in [0.15, 0.2) is 0 Å². The summed E-state index contributed by atoms with van der Waals surface area (Å²) in [4.78, 5) is 0. The molecule has 1 fully saturated rings. The number of hydrogen-bond acceptors (Lipinski definition) is 0. The van der Waals surface area contributed by atoms with E-state index in [0.717, 1.165) is 11.4 Å². The SMILES string of the molecule is CCCCCCC1CC[Si](CCl)CC1. The predicted octanol–water partition coefficient (Wildman–Crippen LogP) is 4.64. The number of halogens is 1. The van der Waals surface area contributed by atoms with Crippen molar-refractivity contribution < 1.29 is 0 Å². The molecular formula is C12H24ClSi. The lowest BCUT2D eigenvalue weighted by Crippen LogP contribution is -2.23. The Bertz CT molecular complexity index is 130. The van der Waals surface area contributed by atoms with Crippen molar-refractivity contribution in [2.45, 2.75) is 64.0 Å². The minimum atomic E-state index is -0.0890. The van der Waals surface area contributed by atoms with E-state index in [-0.39, 0.29) is 8.80 Å². The minimum absolute atomic E-state index is 0.0890. The molecule has 0 aromatic rings. The average molecular weight is 232 g/mol. The molecule has 0 N–H and O–H groups in total. The van der Waals surface area contributed by atoms with Gasteiger partial charge in [0.05, 0.1) is 8.80 Å². The second kappa shape index (κ2) is 7.75. The number of rotatable bonds is 6. The summed E-state index contributed by atoms with van der Waals surface area (Å²) in [6, 6.07) is 2.99. The van der Waals surface area contributed by atoms with Crippen LogP contribution in [-0.2, 0) is 0 Å². The first-order valence-corrected chi connectivity index (χ1v) is 8.92. The fourth-order valence-corrected chi connectivity index (χ4v) is 5.32. The van der Waals surface area contributed by atoms with Crippen LogP contribution < -0.4 is 0 Å². The molecular weight excluding hydrogens is 208 g/mol. The second-order valence-corrected chi connectivity index (χ2v) is 8.25. The molecule has 1 rings (SSSR count). The van der Waals surface area contributed by atoms with Crippen molar-refractivity contribution in [3.8, 4) is 0 Å². The molecule has 14 heavy (non-hydrogen) atoms. The highest BCUT2D eigenvalue weighted by molar-refractivity contribution is 6.67. The molecule has 83 valence electrons. The van der Waals surface area contributed by atoms with Gasteiger partial charge in [-0.3, -0.25) is 0 Å². The molecule has 0 unspecified atom stereocenters. The van der Waals surface area contributed by atoms with E-state index >= 15 is 0 Å². The highest BCUT2D eigenvalue weighted by Crippen LogP contribution is 2.29. The summed E-state index contributed by atoms with van der Waals surface area (Å²) < 4.78 is 0. The fourth-order valence-electron chi connectivity index (χ4n) is 2.37. The average Bonchev–Trinajstić information content (AvgIpc) is 2.25. The van der Waals surface area contributed by atoms with Crippen LogP contribution in [0.4, 0.5) is 0 Å². The van der Waals surface area contributed by atoms with Gasteiger partial charge in [-0.05, 0) is 5.92 Å². The fraction of sp³-hybridized carbons (Fsp3) is 1.00. The standard InChI is InChI=1S/C12H24ClSi/c1-2-3-4-5-6-12-7-9-14(11-13)10-8-12/h12H,2-11H2,1H3. The van der Waals surface area contributed by atoms with Gasteiger partial charge < -0.3 is 0 Å². The second-order valence-electron chi connectivity index (χ2n) is 4.68. The lowest BCUT2D eigenvalue weighted by atomic mass is 9.95. The molecule has 0 aliphatic carbocycles. The van der Waals surface area contributed by atoms with Crippen molar-refractivity contribution in [1.82, 2.24) is 0 Å². The summed E-state index contributed by atoms with van der Waals surface area (Å²) in [5, 5.41) is 0. The first-order chi connectivity index (χ1) is 6.86. The van der Waals surface area contributed by atoms with Gasteiger partial charge in [0.15, 0.2) is 0 Å². The summed E-state index contributed by atoms with van der Waals surface area (Å²) in [6.07, 6.45) is 10.2. The normalized spacial score (nSPS) is 20.1. The maximum Gasteiger partial charge on any atom is 0.0659 e. The zero-order chi connectivity index (χ0) is 10.2. The molecule has 1 aliphatic heterocycles. The third-order valence-corrected chi connectivity index (χ3v) is 6.97. The molecule has 0 bridgehead atoms. The molecule has 1 heterocycles. The third kappa shape index (κ3) is 4.84. The molecule has 0 saturated carbocycles. The Hall–Kier alpha value is 0.507. The van der Waals surface area contributed by atoms with Crippen LogP contribution in [0.5, 0.6) is 0 Å². The van der Waals surface area contributed by atoms with Gasteiger partial charge in [0.2, 0.25) is 0 Å². The van der Waals surface area contributed by atoms with Crippen molar-refractivity contribution in [2.24, 2.45) is 5.92 Å². The topological polar surface area (TPSA) is 0 Å². The molecule has 0 amide bonds. The Balaban J connectivity index is 1.98. The quantitative estimate of drug-likeness (QED) is 0.355. The van der Waals surface area contributed by atoms with E-state index in [2.05, 4.69) is 6.92 Å². The van der Waals surface area contributed by atoms with E-state index in [1.54, 1.807) is 0 Å². The number of alkyl halides is 1. The van der Waals surface area contributed by atoms with E-state index < -0.39 is 0 Å². The van der Waals surface area contributed by atoms with Gasteiger partial charge >= 0.3 is 0 Å². The van der Waals surface area contributed by atoms with Crippen molar-refractivity contribution >= 4 is 20.4 Å². The zero-order valence-corrected chi connectivity index (χ0v) is 11.3. The van der Waals surface area contributed by atoms with Gasteiger partial charge in [-0.15, -0.1) is 11.6 Å². The van der Waals surface area contributed by atoms with E-state index in [0.29, 0.717) is 0 Å². The van der Waals surface area contributed by atoms with Gasteiger partial charge in [0, 0.05) is 5.50 Å². The maximum absolute atomic E-state index is 5.92. The van der Waals surface area contributed by atoms with Crippen molar-refractivity contribution in [3.05, 3.63) is 0 Å².